The molecular formula is C27H22BrN3O2S. The second-order valence-corrected chi connectivity index (χ2v) is 10.1. The molecule has 7 heteroatoms. The predicted molar refractivity (Wildman–Crippen MR) is 140 cm³/mol. The lowest BCUT2D eigenvalue weighted by Gasteiger charge is -2.19. The summed E-state index contributed by atoms with van der Waals surface area (Å²) in [4.78, 5) is 28.2. The fourth-order valence-corrected chi connectivity index (χ4v) is 5.24. The molecule has 170 valence electrons. The van der Waals surface area contributed by atoms with Gasteiger partial charge in [-0.3, -0.25) is 14.5 Å². The lowest BCUT2D eigenvalue weighted by Crippen LogP contribution is -2.31. The van der Waals surface area contributed by atoms with Crippen LogP contribution in [0.4, 0.5) is 11.4 Å². The van der Waals surface area contributed by atoms with Gasteiger partial charge in [0.05, 0.1) is 5.25 Å². The van der Waals surface area contributed by atoms with E-state index in [9.17, 15) is 14.9 Å². The first kappa shape index (κ1) is 23.8. The van der Waals surface area contributed by atoms with Crippen molar-refractivity contribution in [1.82, 2.24) is 0 Å². The molecule has 0 radical (unpaired) electrons. The van der Waals surface area contributed by atoms with E-state index in [1.807, 2.05) is 68.4 Å². The number of anilines is 2. The van der Waals surface area contributed by atoms with E-state index in [2.05, 4.69) is 21.2 Å². The van der Waals surface area contributed by atoms with Gasteiger partial charge in [0.15, 0.2) is 0 Å². The van der Waals surface area contributed by atoms with Crippen molar-refractivity contribution in [3.63, 3.8) is 0 Å². The van der Waals surface area contributed by atoms with Gasteiger partial charge in [0.1, 0.15) is 16.7 Å². The number of halogens is 1. The number of nitrogens with zero attached hydrogens (tertiary/aromatic N) is 2. The Morgan fingerprint density at radius 2 is 1.74 bits per heavy atom. The molecule has 1 aliphatic heterocycles. The molecule has 0 aromatic heterocycles. The third kappa shape index (κ3) is 5.09. The highest BCUT2D eigenvalue weighted by atomic mass is 79.9. The molecule has 0 saturated carbocycles. The normalized spacial score (nSPS) is 16.8. The Bertz CT molecular complexity index is 1310. The van der Waals surface area contributed by atoms with Crippen LogP contribution in [0.25, 0.3) is 0 Å². The van der Waals surface area contributed by atoms with Gasteiger partial charge < -0.3 is 5.32 Å². The molecule has 5 nitrogen and oxygen atoms in total. The minimum absolute atomic E-state index is 0.0888. The lowest BCUT2D eigenvalue weighted by atomic mass is 10.0. The van der Waals surface area contributed by atoms with E-state index >= 15 is 0 Å². The molecule has 0 unspecified atom stereocenters. The fraction of sp³-hybridized carbons (Fsp3) is 0.148. The molecule has 34 heavy (non-hydrogen) atoms. The zero-order valence-electron chi connectivity index (χ0n) is 18.7. The molecule has 4 rings (SSSR count). The first-order valence-corrected chi connectivity index (χ1v) is 12.4. The Morgan fingerprint density at radius 1 is 1.06 bits per heavy atom. The van der Waals surface area contributed by atoms with Crippen LogP contribution in [0.5, 0.6) is 0 Å². The number of aryl methyl sites for hydroxylation is 2. The van der Waals surface area contributed by atoms with Crippen molar-refractivity contribution in [2.75, 3.05) is 10.2 Å². The Balaban J connectivity index is 1.73. The lowest BCUT2D eigenvalue weighted by molar-refractivity contribution is -0.117. The molecule has 0 aliphatic carbocycles. The first-order chi connectivity index (χ1) is 16.4. The highest BCUT2D eigenvalue weighted by Gasteiger charge is 2.41. The Morgan fingerprint density at radius 3 is 2.38 bits per heavy atom. The van der Waals surface area contributed by atoms with Gasteiger partial charge in [0.25, 0.3) is 5.91 Å². The Labute approximate surface area is 211 Å². The molecule has 3 aromatic carbocycles. The van der Waals surface area contributed by atoms with Crippen LogP contribution < -0.4 is 10.2 Å². The second-order valence-electron chi connectivity index (χ2n) is 8.00. The van der Waals surface area contributed by atoms with Gasteiger partial charge in [-0.1, -0.05) is 69.7 Å². The second kappa shape index (κ2) is 10.3. The standard InChI is InChI=1S/C27H22BrN3O2S/c1-17-7-11-21(12-8-17)30-25(32)23(16-29)27-31(22-13-9-20(28)10-14-22)26(33)24(34-27)15-19-6-4-3-5-18(19)2/h3-14,24H,15H2,1-2H3,(H,30,32)/b27-23-/t24-/m1/s1. The van der Waals surface area contributed by atoms with Crippen molar-refractivity contribution < 1.29 is 9.59 Å². The topological polar surface area (TPSA) is 73.2 Å². The number of thioether (sulfide) groups is 1. The average molecular weight is 532 g/mol. The van der Waals surface area contributed by atoms with E-state index < -0.39 is 11.2 Å². The summed E-state index contributed by atoms with van der Waals surface area (Å²) >= 11 is 4.68. The number of hydrogen-bond donors (Lipinski definition) is 1. The summed E-state index contributed by atoms with van der Waals surface area (Å²) in [6, 6.07) is 24.6. The highest BCUT2D eigenvalue weighted by Crippen LogP contribution is 2.42. The van der Waals surface area contributed by atoms with Gasteiger partial charge in [-0.15, -0.1) is 0 Å². The summed E-state index contributed by atoms with van der Waals surface area (Å²) in [5, 5.41) is 12.7. The van der Waals surface area contributed by atoms with Gasteiger partial charge in [0.2, 0.25) is 5.91 Å². The number of rotatable bonds is 5. The Kier molecular flexibility index (Phi) is 7.20. The predicted octanol–water partition coefficient (Wildman–Crippen LogP) is 6.13. The summed E-state index contributed by atoms with van der Waals surface area (Å²) in [5.74, 6) is -0.693. The van der Waals surface area contributed by atoms with E-state index in [1.54, 1.807) is 24.3 Å². The van der Waals surface area contributed by atoms with Crippen LogP contribution in [0.2, 0.25) is 0 Å². The summed E-state index contributed by atoms with van der Waals surface area (Å²) in [7, 11) is 0. The zero-order chi connectivity index (χ0) is 24.2. The monoisotopic (exact) mass is 531 g/mol. The molecular weight excluding hydrogens is 510 g/mol. The van der Waals surface area contributed by atoms with Crippen molar-refractivity contribution in [2.24, 2.45) is 0 Å². The minimum atomic E-state index is -0.541. The molecule has 1 N–H and O–H groups in total. The van der Waals surface area contributed by atoms with E-state index in [-0.39, 0.29) is 11.5 Å². The number of amides is 2. The van der Waals surface area contributed by atoms with Crippen LogP contribution in [0, 0.1) is 25.2 Å². The molecule has 0 spiro atoms. The van der Waals surface area contributed by atoms with Crippen molar-refractivity contribution >= 4 is 50.9 Å². The molecule has 0 bridgehead atoms. The maximum absolute atomic E-state index is 13.6. The molecule has 1 fully saturated rings. The van der Waals surface area contributed by atoms with Gasteiger partial charge >= 0.3 is 0 Å². The maximum atomic E-state index is 13.6. The SMILES string of the molecule is Cc1ccc(NC(=O)/C(C#N)=C2\S[C@H](Cc3ccccc3C)C(=O)N2c2ccc(Br)cc2)cc1. The number of benzene rings is 3. The van der Waals surface area contributed by atoms with Crippen LogP contribution in [0.1, 0.15) is 16.7 Å². The molecule has 1 atom stereocenters. The summed E-state index contributed by atoms with van der Waals surface area (Å²) < 4.78 is 0.871. The molecule has 1 heterocycles. The van der Waals surface area contributed by atoms with E-state index in [0.29, 0.717) is 22.8 Å². The number of carbonyl (C=O) groups excluding carboxylic acids is 2. The van der Waals surface area contributed by atoms with Crippen molar-refractivity contribution in [1.29, 1.82) is 5.26 Å². The summed E-state index contributed by atoms with van der Waals surface area (Å²) in [6.45, 7) is 3.97. The van der Waals surface area contributed by atoms with Gasteiger partial charge in [0, 0.05) is 15.8 Å². The number of carbonyl (C=O) groups is 2. The average Bonchev–Trinajstić information content (AvgIpc) is 3.13. The van der Waals surface area contributed by atoms with E-state index in [4.69, 9.17) is 0 Å². The zero-order valence-corrected chi connectivity index (χ0v) is 21.1. The number of hydrogen-bond acceptors (Lipinski definition) is 4. The largest absolute Gasteiger partial charge is 0.321 e. The minimum Gasteiger partial charge on any atom is -0.321 e. The van der Waals surface area contributed by atoms with Crippen molar-refractivity contribution in [3.8, 4) is 6.07 Å². The van der Waals surface area contributed by atoms with Crippen LogP contribution >= 0.6 is 27.7 Å². The van der Waals surface area contributed by atoms with Crippen LogP contribution in [0.15, 0.2) is 87.9 Å². The van der Waals surface area contributed by atoms with Crippen LogP contribution in [-0.2, 0) is 16.0 Å². The third-order valence-corrected chi connectivity index (χ3v) is 7.36. The van der Waals surface area contributed by atoms with Gasteiger partial charge in [-0.2, -0.15) is 5.26 Å². The van der Waals surface area contributed by atoms with Crippen LogP contribution in [0.3, 0.4) is 0 Å². The maximum Gasteiger partial charge on any atom is 0.269 e. The number of nitriles is 1. The van der Waals surface area contributed by atoms with E-state index in [0.717, 1.165) is 21.2 Å². The van der Waals surface area contributed by atoms with Gasteiger partial charge in [-0.05, 0) is 67.8 Å². The quantitative estimate of drug-likeness (QED) is 0.317. The number of nitrogens with one attached hydrogen (secondary N) is 1. The smallest absolute Gasteiger partial charge is 0.269 e. The Hall–Kier alpha value is -3.34. The molecule has 2 amide bonds. The van der Waals surface area contributed by atoms with Crippen molar-refractivity contribution in [3.05, 3.63) is 105 Å². The molecule has 3 aromatic rings. The van der Waals surface area contributed by atoms with Gasteiger partial charge in [-0.25, -0.2) is 0 Å². The van der Waals surface area contributed by atoms with Crippen molar-refractivity contribution in [2.45, 2.75) is 25.5 Å². The first-order valence-electron chi connectivity index (χ1n) is 10.7. The summed E-state index contributed by atoms with van der Waals surface area (Å²) in [5.41, 5.74) is 4.33. The molecule has 1 aliphatic rings. The highest BCUT2D eigenvalue weighted by molar-refractivity contribution is 9.10. The fourth-order valence-electron chi connectivity index (χ4n) is 3.68. The summed E-state index contributed by atoms with van der Waals surface area (Å²) in [6.07, 6.45) is 0.505. The third-order valence-electron chi connectivity index (χ3n) is 5.57. The molecule has 1 saturated heterocycles. The van der Waals surface area contributed by atoms with E-state index in [1.165, 1.54) is 16.7 Å². The van der Waals surface area contributed by atoms with Crippen LogP contribution in [-0.4, -0.2) is 17.1 Å².